The van der Waals surface area contributed by atoms with Gasteiger partial charge in [0.2, 0.25) is 0 Å². The zero-order chi connectivity index (χ0) is 8.84. The second-order valence-corrected chi connectivity index (χ2v) is 3.86. The standard InChI is InChI=1S/C9H7N3S/c1-12-4-6-2-3-7-9(8(6)11-12)13-5-10-7/h2-5H,1H3. The number of fused-ring (bicyclic) bond motifs is 3. The van der Waals surface area contributed by atoms with Gasteiger partial charge in [0.05, 0.1) is 15.7 Å². The number of nitrogens with zero attached hydrogens (tertiary/aromatic N) is 3. The van der Waals surface area contributed by atoms with Gasteiger partial charge in [-0.05, 0) is 12.1 Å². The second-order valence-electron chi connectivity index (χ2n) is 3.01. The van der Waals surface area contributed by atoms with Crippen LogP contribution in [0.1, 0.15) is 0 Å². The first-order valence-electron chi connectivity index (χ1n) is 4.00. The Hall–Kier alpha value is -1.42. The summed E-state index contributed by atoms with van der Waals surface area (Å²) in [5.74, 6) is 0. The summed E-state index contributed by atoms with van der Waals surface area (Å²) >= 11 is 1.64. The molecule has 0 spiro atoms. The van der Waals surface area contributed by atoms with Gasteiger partial charge < -0.3 is 0 Å². The van der Waals surface area contributed by atoms with Gasteiger partial charge in [-0.15, -0.1) is 11.3 Å². The summed E-state index contributed by atoms with van der Waals surface area (Å²) < 4.78 is 3.02. The Balaban J connectivity index is 2.64. The molecule has 0 aliphatic carbocycles. The van der Waals surface area contributed by atoms with Crippen LogP contribution in [0.15, 0.2) is 23.8 Å². The molecule has 3 aromatic rings. The van der Waals surface area contributed by atoms with E-state index in [1.807, 2.05) is 29.5 Å². The highest BCUT2D eigenvalue weighted by atomic mass is 32.1. The first-order valence-corrected chi connectivity index (χ1v) is 4.88. The van der Waals surface area contributed by atoms with Crippen molar-refractivity contribution in [3.63, 3.8) is 0 Å². The molecule has 0 atom stereocenters. The molecule has 0 aliphatic heterocycles. The number of benzene rings is 1. The van der Waals surface area contributed by atoms with Crippen molar-refractivity contribution in [1.82, 2.24) is 14.8 Å². The van der Waals surface area contributed by atoms with E-state index in [9.17, 15) is 0 Å². The van der Waals surface area contributed by atoms with E-state index in [1.165, 1.54) is 10.1 Å². The van der Waals surface area contributed by atoms with Crippen LogP contribution < -0.4 is 0 Å². The molecule has 0 saturated carbocycles. The fourth-order valence-electron chi connectivity index (χ4n) is 1.52. The quantitative estimate of drug-likeness (QED) is 0.542. The van der Waals surface area contributed by atoms with Crippen LogP contribution in [0.25, 0.3) is 21.1 Å². The van der Waals surface area contributed by atoms with E-state index in [0.29, 0.717) is 0 Å². The number of thiazole rings is 1. The molecule has 2 heterocycles. The molecule has 4 heteroatoms. The van der Waals surface area contributed by atoms with Crippen LogP contribution in [0, 0.1) is 0 Å². The molecule has 0 fully saturated rings. The topological polar surface area (TPSA) is 30.7 Å². The maximum atomic E-state index is 4.40. The third-order valence-corrected chi connectivity index (χ3v) is 2.94. The Morgan fingerprint density at radius 2 is 2.31 bits per heavy atom. The number of hydrogen-bond donors (Lipinski definition) is 0. The minimum atomic E-state index is 1.04. The van der Waals surface area contributed by atoms with E-state index < -0.39 is 0 Å². The first-order chi connectivity index (χ1) is 6.34. The van der Waals surface area contributed by atoms with Crippen LogP contribution >= 0.6 is 11.3 Å². The van der Waals surface area contributed by atoms with Gasteiger partial charge in [0.25, 0.3) is 0 Å². The van der Waals surface area contributed by atoms with Crippen molar-refractivity contribution >= 4 is 32.5 Å². The molecule has 0 N–H and O–H groups in total. The van der Waals surface area contributed by atoms with Crippen molar-refractivity contribution in [1.29, 1.82) is 0 Å². The first kappa shape index (κ1) is 7.03. The molecule has 64 valence electrons. The average molecular weight is 189 g/mol. The fourth-order valence-corrected chi connectivity index (χ4v) is 2.31. The molecule has 0 bridgehead atoms. The van der Waals surface area contributed by atoms with Gasteiger partial charge in [-0.1, -0.05) is 0 Å². The summed E-state index contributed by atoms with van der Waals surface area (Å²) in [6.45, 7) is 0. The summed E-state index contributed by atoms with van der Waals surface area (Å²) in [4.78, 5) is 4.25. The highest BCUT2D eigenvalue weighted by molar-refractivity contribution is 7.17. The molecule has 2 aromatic heterocycles. The molecule has 1 aromatic carbocycles. The van der Waals surface area contributed by atoms with Gasteiger partial charge >= 0.3 is 0 Å². The zero-order valence-electron chi connectivity index (χ0n) is 7.06. The predicted molar refractivity (Wildman–Crippen MR) is 53.9 cm³/mol. The number of hydrogen-bond acceptors (Lipinski definition) is 3. The molecule has 0 amide bonds. The van der Waals surface area contributed by atoms with Crippen LogP contribution in [0.4, 0.5) is 0 Å². The van der Waals surface area contributed by atoms with Crippen LogP contribution in [0.5, 0.6) is 0 Å². The van der Waals surface area contributed by atoms with Gasteiger partial charge in [0, 0.05) is 18.6 Å². The molecular weight excluding hydrogens is 182 g/mol. The van der Waals surface area contributed by atoms with Crippen molar-refractivity contribution in [2.45, 2.75) is 0 Å². The minimum absolute atomic E-state index is 1.04. The van der Waals surface area contributed by atoms with Gasteiger partial charge in [-0.2, -0.15) is 5.10 Å². The van der Waals surface area contributed by atoms with Gasteiger partial charge in [-0.3, -0.25) is 4.68 Å². The third-order valence-electron chi connectivity index (χ3n) is 2.09. The summed E-state index contributed by atoms with van der Waals surface area (Å²) in [6, 6.07) is 4.10. The van der Waals surface area contributed by atoms with E-state index in [-0.39, 0.29) is 0 Å². The van der Waals surface area contributed by atoms with Gasteiger partial charge in [0.1, 0.15) is 5.52 Å². The molecule has 0 unspecified atom stereocenters. The summed E-state index contributed by atoms with van der Waals surface area (Å²) in [6.07, 6.45) is 2.02. The lowest BCUT2D eigenvalue weighted by molar-refractivity contribution is 0.780. The van der Waals surface area contributed by atoms with Crippen molar-refractivity contribution < 1.29 is 0 Å². The highest BCUT2D eigenvalue weighted by Crippen LogP contribution is 2.26. The van der Waals surface area contributed by atoms with Crippen LogP contribution in [-0.2, 0) is 7.05 Å². The van der Waals surface area contributed by atoms with Gasteiger partial charge in [0.15, 0.2) is 0 Å². The lowest BCUT2D eigenvalue weighted by Gasteiger charge is -1.87. The van der Waals surface area contributed by atoms with E-state index in [4.69, 9.17) is 0 Å². The Labute approximate surface area is 78.6 Å². The van der Waals surface area contributed by atoms with Crippen LogP contribution in [0.2, 0.25) is 0 Å². The van der Waals surface area contributed by atoms with Crippen molar-refractivity contribution in [2.24, 2.45) is 7.05 Å². The predicted octanol–water partition coefficient (Wildman–Crippen LogP) is 2.18. The van der Waals surface area contributed by atoms with E-state index in [2.05, 4.69) is 16.1 Å². The van der Waals surface area contributed by atoms with Crippen LogP contribution in [-0.4, -0.2) is 14.8 Å². The Bertz CT molecular complexity index is 579. The minimum Gasteiger partial charge on any atom is -0.275 e. The highest BCUT2D eigenvalue weighted by Gasteiger charge is 2.05. The maximum absolute atomic E-state index is 4.40. The molecule has 0 aliphatic rings. The second kappa shape index (κ2) is 2.29. The SMILES string of the molecule is Cn1cc2ccc3ncsc3c2n1. The number of aromatic nitrogens is 3. The summed E-state index contributed by atoms with van der Waals surface area (Å²) in [7, 11) is 1.94. The fraction of sp³-hybridized carbons (Fsp3) is 0.111. The number of rotatable bonds is 0. The zero-order valence-corrected chi connectivity index (χ0v) is 7.88. The Morgan fingerprint density at radius 1 is 1.38 bits per heavy atom. The molecule has 0 saturated heterocycles. The van der Waals surface area contributed by atoms with Crippen molar-refractivity contribution in [3.8, 4) is 0 Å². The van der Waals surface area contributed by atoms with Crippen molar-refractivity contribution in [2.75, 3.05) is 0 Å². The monoisotopic (exact) mass is 189 g/mol. The largest absolute Gasteiger partial charge is 0.275 e. The normalized spacial score (nSPS) is 11.5. The molecule has 3 rings (SSSR count). The molecule has 13 heavy (non-hydrogen) atoms. The number of aryl methyl sites for hydroxylation is 1. The Morgan fingerprint density at radius 3 is 3.23 bits per heavy atom. The van der Waals surface area contributed by atoms with E-state index in [0.717, 1.165) is 11.0 Å². The van der Waals surface area contributed by atoms with Crippen molar-refractivity contribution in [3.05, 3.63) is 23.8 Å². The summed E-state index contributed by atoms with van der Waals surface area (Å²) in [5.41, 5.74) is 3.96. The third kappa shape index (κ3) is 0.890. The van der Waals surface area contributed by atoms with E-state index >= 15 is 0 Å². The smallest absolute Gasteiger partial charge is 0.112 e. The van der Waals surface area contributed by atoms with Crippen LogP contribution in [0.3, 0.4) is 0 Å². The Kier molecular flexibility index (Phi) is 1.24. The van der Waals surface area contributed by atoms with E-state index in [1.54, 1.807) is 11.3 Å². The molecule has 0 radical (unpaired) electrons. The molecule has 3 nitrogen and oxygen atoms in total. The maximum Gasteiger partial charge on any atom is 0.112 e. The lowest BCUT2D eigenvalue weighted by atomic mass is 10.2. The average Bonchev–Trinajstić information content (AvgIpc) is 2.65. The van der Waals surface area contributed by atoms with Gasteiger partial charge in [-0.25, -0.2) is 4.98 Å². The lowest BCUT2D eigenvalue weighted by Crippen LogP contribution is -1.84. The summed E-state index contributed by atoms with van der Waals surface area (Å²) in [5, 5.41) is 5.58. The molecular formula is C9H7N3S.